The van der Waals surface area contributed by atoms with E-state index in [4.69, 9.17) is 9.47 Å². The first-order valence-corrected chi connectivity index (χ1v) is 10.6. The summed E-state index contributed by atoms with van der Waals surface area (Å²) in [5.74, 6) is 0. The Morgan fingerprint density at radius 2 is 1.08 bits per heavy atom. The van der Waals surface area contributed by atoms with Crippen LogP contribution in [-0.4, -0.2) is 75.0 Å². The van der Waals surface area contributed by atoms with Crippen molar-refractivity contribution < 1.29 is 19.7 Å². The van der Waals surface area contributed by atoms with Gasteiger partial charge in [0.1, 0.15) is 0 Å². The highest BCUT2D eigenvalue weighted by Crippen LogP contribution is 1.98. The van der Waals surface area contributed by atoms with Crippen LogP contribution in [0.3, 0.4) is 0 Å². The van der Waals surface area contributed by atoms with Gasteiger partial charge in [0.2, 0.25) is 0 Å². The largest absolute Gasteiger partial charge is 0.389 e. The van der Waals surface area contributed by atoms with E-state index in [2.05, 4.69) is 24.5 Å². The molecule has 0 spiro atoms. The van der Waals surface area contributed by atoms with Crippen LogP contribution in [0.1, 0.15) is 65.2 Å². The Kier molecular flexibility index (Phi) is 20.9. The van der Waals surface area contributed by atoms with Crippen molar-refractivity contribution in [3.8, 4) is 0 Å². The second-order valence-corrected chi connectivity index (χ2v) is 6.99. The summed E-state index contributed by atoms with van der Waals surface area (Å²) in [5.41, 5.74) is 0. The molecule has 4 N–H and O–H groups in total. The summed E-state index contributed by atoms with van der Waals surface area (Å²) in [6.07, 6.45) is 8.87. The number of nitrogens with one attached hydrogen (secondary N) is 2. The van der Waals surface area contributed by atoms with Crippen LogP contribution in [0.15, 0.2) is 0 Å². The maximum absolute atomic E-state index is 9.79. The third kappa shape index (κ3) is 20.1. The van der Waals surface area contributed by atoms with Gasteiger partial charge in [0.25, 0.3) is 0 Å². The molecule has 2 atom stereocenters. The van der Waals surface area contributed by atoms with E-state index in [0.29, 0.717) is 39.5 Å². The van der Waals surface area contributed by atoms with Gasteiger partial charge in [-0.2, -0.15) is 0 Å². The van der Waals surface area contributed by atoms with Gasteiger partial charge in [-0.25, -0.2) is 0 Å². The summed E-state index contributed by atoms with van der Waals surface area (Å²) >= 11 is 0. The van der Waals surface area contributed by atoms with Crippen LogP contribution in [0.4, 0.5) is 0 Å². The molecule has 0 saturated carbocycles. The van der Waals surface area contributed by atoms with Gasteiger partial charge in [-0.05, 0) is 25.9 Å². The second kappa shape index (κ2) is 21.1. The maximum atomic E-state index is 9.79. The van der Waals surface area contributed by atoms with Crippen LogP contribution >= 0.6 is 0 Å². The number of aliphatic hydroxyl groups is 2. The lowest BCUT2D eigenvalue weighted by molar-refractivity contribution is -0.0160. The molecule has 0 radical (unpaired) electrons. The van der Waals surface area contributed by atoms with Crippen LogP contribution in [0.2, 0.25) is 0 Å². The molecule has 0 aromatic heterocycles. The lowest BCUT2D eigenvalue weighted by Gasteiger charge is -2.14. The minimum atomic E-state index is -0.483. The van der Waals surface area contributed by atoms with E-state index >= 15 is 0 Å². The molecule has 0 rings (SSSR count). The summed E-state index contributed by atoms with van der Waals surface area (Å²) in [7, 11) is 0. The van der Waals surface area contributed by atoms with Gasteiger partial charge >= 0.3 is 0 Å². The fourth-order valence-electron chi connectivity index (χ4n) is 2.57. The quantitative estimate of drug-likeness (QED) is 0.230. The number of hydrogen-bond donors (Lipinski definition) is 4. The number of rotatable bonds is 21. The molecule has 0 aliphatic heterocycles. The van der Waals surface area contributed by atoms with E-state index in [1.807, 2.05) is 0 Å². The zero-order valence-corrected chi connectivity index (χ0v) is 17.2. The van der Waals surface area contributed by atoms with Gasteiger partial charge in [-0.1, -0.05) is 52.4 Å². The van der Waals surface area contributed by atoms with E-state index in [9.17, 15) is 10.2 Å². The zero-order chi connectivity index (χ0) is 19.3. The summed E-state index contributed by atoms with van der Waals surface area (Å²) in [6.45, 7) is 8.92. The Morgan fingerprint density at radius 1 is 0.654 bits per heavy atom. The van der Waals surface area contributed by atoms with E-state index in [-0.39, 0.29) is 0 Å². The van der Waals surface area contributed by atoms with Crippen molar-refractivity contribution in [3.63, 3.8) is 0 Å². The fourth-order valence-corrected chi connectivity index (χ4v) is 2.57. The van der Waals surface area contributed by atoms with Crippen LogP contribution in [0.5, 0.6) is 0 Å². The minimum Gasteiger partial charge on any atom is -0.389 e. The molecule has 26 heavy (non-hydrogen) atoms. The standard InChI is InChI=1S/C20H44N2O4/c1-3-5-7-9-11-21-15-19(23)17-25-13-14-26-18-20(24)16-22-12-10-8-6-4-2/h19-24H,3-18H2,1-2H3. The molecule has 2 unspecified atom stereocenters. The maximum Gasteiger partial charge on any atom is 0.0897 e. The predicted octanol–water partition coefficient (Wildman–Crippen LogP) is 2.08. The second-order valence-electron chi connectivity index (χ2n) is 6.99. The van der Waals surface area contributed by atoms with Gasteiger partial charge in [0.05, 0.1) is 38.6 Å². The van der Waals surface area contributed by atoms with Crippen molar-refractivity contribution >= 4 is 0 Å². The molecule has 0 aliphatic rings. The summed E-state index contributed by atoms with van der Waals surface area (Å²) in [5, 5.41) is 26.1. The van der Waals surface area contributed by atoms with Crippen molar-refractivity contribution in [1.29, 1.82) is 0 Å². The first-order valence-electron chi connectivity index (χ1n) is 10.6. The molecule has 0 aromatic rings. The summed E-state index contributed by atoms with van der Waals surface area (Å²) in [6, 6.07) is 0. The van der Waals surface area contributed by atoms with Crippen molar-refractivity contribution in [2.45, 2.75) is 77.4 Å². The van der Waals surface area contributed by atoms with Crippen LogP contribution < -0.4 is 10.6 Å². The van der Waals surface area contributed by atoms with Gasteiger partial charge < -0.3 is 30.3 Å². The first kappa shape index (κ1) is 25.8. The van der Waals surface area contributed by atoms with E-state index in [1.165, 1.54) is 38.5 Å². The monoisotopic (exact) mass is 376 g/mol. The van der Waals surface area contributed by atoms with Crippen molar-refractivity contribution in [1.82, 2.24) is 10.6 Å². The Hall–Kier alpha value is -0.240. The smallest absolute Gasteiger partial charge is 0.0897 e. The highest BCUT2D eigenvalue weighted by molar-refractivity contribution is 4.60. The van der Waals surface area contributed by atoms with Crippen molar-refractivity contribution in [3.05, 3.63) is 0 Å². The molecule has 158 valence electrons. The van der Waals surface area contributed by atoms with Crippen LogP contribution in [0.25, 0.3) is 0 Å². The number of unbranched alkanes of at least 4 members (excludes halogenated alkanes) is 6. The molecular weight excluding hydrogens is 332 g/mol. The summed E-state index contributed by atoms with van der Waals surface area (Å²) in [4.78, 5) is 0. The third-order valence-corrected chi connectivity index (χ3v) is 4.17. The molecule has 0 amide bonds. The van der Waals surface area contributed by atoms with Crippen molar-refractivity contribution in [2.75, 3.05) is 52.6 Å². The molecule has 0 saturated heterocycles. The molecule has 0 heterocycles. The average Bonchev–Trinajstić information content (AvgIpc) is 2.63. The van der Waals surface area contributed by atoms with Crippen LogP contribution in [-0.2, 0) is 9.47 Å². The zero-order valence-electron chi connectivity index (χ0n) is 17.2. The van der Waals surface area contributed by atoms with Gasteiger partial charge in [-0.3, -0.25) is 0 Å². The molecule has 0 bridgehead atoms. The highest BCUT2D eigenvalue weighted by Gasteiger charge is 2.05. The lowest BCUT2D eigenvalue weighted by atomic mass is 10.2. The highest BCUT2D eigenvalue weighted by atomic mass is 16.5. The Balaban J connectivity index is 3.25. The SMILES string of the molecule is CCCCCCNCC(O)COCCOCC(O)CNCCCCCC. The predicted molar refractivity (Wildman–Crippen MR) is 108 cm³/mol. The van der Waals surface area contributed by atoms with Crippen LogP contribution in [0, 0.1) is 0 Å². The number of ether oxygens (including phenoxy) is 2. The van der Waals surface area contributed by atoms with Gasteiger partial charge in [0, 0.05) is 13.1 Å². The van der Waals surface area contributed by atoms with E-state index in [1.54, 1.807) is 0 Å². The molecule has 6 nitrogen and oxygen atoms in total. The topological polar surface area (TPSA) is 83.0 Å². The third-order valence-electron chi connectivity index (χ3n) is 4.17. The summed E-state index contributed by atoms with van der Waals surface area (Å²) < 4.78 is 10.8. The fraction of sp³-hybridized carbons (Fsp3) is 1.00. The lowest BCUT2D eigenvalue weighted by Crippen LogP contribution is -2.32. The molecule has 0 aromatic carbocycles. The molecule has 0 fully saturated rings. The Bertz CT molecular complexity index is 244. The first-order chi connectivity index (χ1) is 12.7. The van der Waals surface area contributed by atoms with E-state index in [0.717, 1.165) is 25.9 Å². The molecule has 0 aliphatic carbocycles. The average molecular weight is 377 g/mol. The normalized spacial score (nSPS) is 13.8. The minimum absolute atomic E-state index is 0.313. The number of aliphatic hydroxyl groups excluding tert-OH is 2. The van der Waals surface area contributed by atoms with Gasteiger partial charge in [0.15, 0.2) is 0 Å². The molecular formula is C20H44N2O4. The van der Waals surface area contributed by atoms with E-state index < -0.39 is 12.2 Å². The van der Waals surface area contributed by atoms with Crippen molar-refractivity contribution in [2.24, 2.45) is 0 Å². The van der Waals surface area contributed by atoms with Gasteiger partial charge in [-0.15, -0.1) is 0 Å². The molecule has 6 heteroatoms. The Labute approximate surface area is 161 Å². The Morgan fingerprint density at radius 3 is 1.46 bits per heavy atom. The number of hydrogen-bond acceptors (Lipinski definition) is 6.